The van der Waals surface area contributed by atoms with E-state index in [2.05, 4.69) is 10.1 Å². The normalized spacial score (nSPS) is 10.8. The zero-order valence-electron chi connectivity index (χ0n) is 19.5. The Kier molecular flexibility index (Phi) is 9.34. The molecule has 0 aromatic heterocycles. The van der Waals surface area contributed by atoms with Gasteiger partial charge in [-0.25, -0.2) is 4.79 Å². The van der Waals surface area contributed by atoms with Gasteiger partial charge in [-0.3, -0.25) is 4.79 Å². The Bertz CT molecular complexity index is 1330. The van der Waals surface area contributed by atoms with Crippen LogP contribution >= 0.6 is 23.2 Å². The summed E-state index contributed by atoms with van der Waals surface area (Å²) in [6, 6.07) is 18.3. The summed E-state index contributed by atoms with van der Waals surface area (Å²) in [4.78, 5) is 24.2. The van der Waals surface area contributed by atoms with Crippen LogP contribution in [-0.2, 0) is 16.1 Å². The molecule has 0 unspecified atom stereocenters. The second-order valence-corrected chi connectivity index (χ2v) is 8.20. The van der Waals surface area contributed by atoms with Gasteiger partial charge >= 0.3 is 5.97 Å². The van der Waals surface area contributed by atoms with Gasteiger partial charge in [0.15, 0.2) is 11.5 Å². The highest BCUT2D eigenvalue weighted by Crippen LogP contribution is 2.31. The average Bonchev–Trinajstić information content (AvgIpc) is 2.87. The van der Waals surface area contributed by atoms with Crippen molar-refractivity contribution in [1.29, 1.82) is 5.26 Å². The number of rotatable bonds is 9. The van der Waals surface area contributed by atoms with Gasteiger partial charge in [0.2, 0.25) is 0 Å². The summed E-state index contributed by atoms with van der Waals surface area (Å²) in [6.07, 6.45) is 1.44. The lowest BCUT2D eigenvalue weighted by Gasteiger charge is -2.13. The number of amides is 1. The van der Waals surface area contributed by atoms with Crippen LogP contribution in [0, 0.1) is 11.3 Å². The lowest BCUT2D eigenvalue weighted by Crippen LogP contribution is -2.13. The van der Waals surface area contributed by atoms with E-state index in [-0.39, 0.29) is 12.2 Å². The molecule has 3 rings (SSSR count). The highest BCUT2D eigenvalue weighted by Gasteiger charge is 2.13. The Labute approximate surface area is 218 Å². The minimum absolute atomic E-state index is 0.115. The van der Waals surface area contributed by atoms with E-state index in [0.717, 1.165) is 5.56 Å². The van der Waals surface area contributed by atoms with Crippen molar-refractivity contribution in [2.45, 2.75) is 13.5 Å². The summed E-state index contributed by atoms with van der Waals surface area (Å²) < 4.78 is 16.2. The molecule has 0 spiro atoms. The average molecular weight is 525 g/mol. The molecule has 3 aromatic carbocycles. The predicted octanol–water partition coefficient (Wildman–Crippen LogP) is 6.30. The quantitative estimate of drug-likeness (QED) is 0.200. The summed E-state index contributed by atoms with van der Waals surface area (Å²) in [5, 5.41) is 13.2. The number of anilines is 1. The van der Waals surface area contributed by atoms with Crippen LogP contribution in [-0.4, -0.2) is 25.6 Å². The first-order valence-corrected chi connectivity index (χ1v) is 11.5. The van der Waals surface area contributed by atoms with E-state index in [9.17, 15) is 14.9 Å². The molecule has 9 heteroatoms. The molecule has 0 saturated heterocycles. The van der Waals surface area contributed by atoms with Crippen LogP contribution in [0.3, 0.4) is 0 Å². The van der Waals surface area contributed by atoms with Gasteiger partial charge in [-0.05, 0) is 67.1 Å². The van der Waals surface area contributed by atoms with Crippen molar-refractivity contribution in [3.63, 3.8) is 0 Å². The molecule has 0 aliphatic rings. The van der Waals surface area contributed by atoms with Crippen LogP contribution in [0.2, 0.25) is 10.0 Å². The van der Waals surface area contributed by atoms with Crippen molar-refractivity contribution in [2.75, 3.05) is 19.0 Å². The first-order chi connectivity index (χ1) is 17.3. The van der Waals surface area contributed by atoms with E-state index in [1.54, 1.807) is 48.5 Å². The maximum absolute atomic E-state index is 12.6. The Morgan fingerprint density at radius 2 is 1.75 bits per heavy atom. The number of carbonyl (C=O) groups excluding carboxylic acids is 2. The van der Waals surface area contributed by atoms with Gasteiger partial charge in [0.1, 0.15) is 18.2 Å². The standard InChI is InChI=1S/C27H22Cl2N2O5/c1-3-35-25-13-17(4-11-24(25)36-16-19-5-8-21(28)14-23(19)29)12-20(15-30)26(32)31-22-9-6-18(7-10-22)27(33)34-2/h4-14H,3,16H2,1-2H3,(H,31,32)/b20-12+. The van der Waals surface area contributed by atoms with Gasteiger partial charge in [0.25, 0.3) is 5.91 Å². The number of hydrogen-bond acceptors (Lipinski definition) is 6. The molecule has 3 aromatic rings. The van der Waals surface area contributed by atoms with Crippen molar-refractivity contribution in [1.82, 2.24) is 0 Å². The van der Waals surface area contributed by atoms with Crippen molar-refractivity contribution >= 4 is 46.8 Å². The third-order valence-electron chi connectivity index (χ3n) is 4.91. The number of nitriles is 1. The zero-order valence-corrected chi connectivity index (χ0v) is 21.0. The third kappa shape index (κ3) is 7.01. The molecule has 184 valence electrons. The largest absolute Gasteiger partial charge is 0.490 e. The summed E-state index contributed by atoms with van der Waals surface area (Å²) in [7, 11) is 1.28. The van der Waals surface area contributed by atoms with Crippen molar-refractivity contribution in [3.8, 4) is 17.6 Å². The highest BCUT2D eigenvalue weighted by atomic mass is 35.5. The number of hydrogen-bond donors (Lipinski definition) is 1. The Morgan fingerprint density at radius 3 is 2.39 bits per heavy atom. The molecule has 0 saturated carbocycles. The molecule has 1 amide bonds. The number of esters is 1. The van der Waals surface area contributed by atoms with Crippen LogP contribution in [0.15, 0.2) is 66.2 Å². The van der Waals surface area contributed by atoms with Crippen LogP contribution in [0.25, 0.3) is 6.08 Å². The number of benzene rings is 3. The van der Waals surface area contributed by atoms with E-state index in [1.165, 1.54) is 25.3 Å². The first kappa shape index (κ1) is 26.6. The van der Waals surface area contributed by atoms with E-state index in [4.69, 9.17) is 32.7 Å². The number of methoxy groups -OCH3 is 1. The highest BCUT2D eigenvalue weighted by molar-refractivity contribution is 6.35. The Balaban J connectivity index is 1.76. The molecule has 0 bridgehead atoms. The molecule has 0 heterocycles. The van der Waals surface area contributed by atoms with E-state index in [0.29, 0.717) is 45.0 Å². The molecule has 0 radical (unpaired) electrons. The zero-order chi connectivity index (χ0) is 26.1. The van der Waals surface area contributed by atoms with Crippen molar-refractivity contribution in [2.24, 2.45) is 0 Å². The Morgan fingerprint density at radius 1 is 1.00 bits per heavy atom. The molecule has 0 aliphatic carbocycles. The van der Waals surface area contributed by atoms with E-state index >= 15 is 0 Å². The van der Waals surface area contributed by atoms with Gasteiger partial charge in [-0.15, -0.1) is 0 Å². The summed E-state index contributed by atoms with van der Waals surface area (Å²) in [5.41, 5.74) is 1.98. The first-order valence-electron chi connectivity index (χ1n) is 10.8. The number of halogens is 2. The number of carbonyl (C=O) groups is 2. The maximum atomic E-state index is 12.6. The summed E-state index contributed by atoms with van der Waals surface area (Å²) in [5.74, 6) is -0.153. The number of ether oxygens (including phenoxy) is 3. The summed E-state index contributed by atoms with van der Waals surface area (Å²) >= 11 is 12.2. The lowest BCUT2D eigenvalue weighted by molar-refractivity contribution is -0.112. The molecule has 1 N–H and O–H groups in total. The smallest absolute Gasteiger partial charge is 0.337 e. The molecule has 0 aliphatic heterocycles. The van der Waals surface area contributed by atoms with Gasteiger partial charge < -0.3 is 19.5 Å². The van der Waals surface area contributed by atoms with Crippen molar-refractivity contribution < 1.29 is 23.8 Å². The van der Waals surface area contributed by atoms with Gasteiger partial charge in [0.05, 0.1) is 19.3 Å². The van der Waals surface area contributed by atoms with Gasteiger partial charge in [0, 0.05) is 21.3 Å². The second-order valence-electron chi connectivity index (χ2n) is 7.36. The van der Waals surface area contributed by atoms with E-state index in [1.807, 2.05) is 13.0 Å². The number of nitrogens with one attached hydrogen (secondary N) is 1. The fraction of sp³-hybridized carbons (Fsp3) is 0.148. The van der Waals surface area contributed by atoms with Crippen LogP contribution < -0.4 is 14.8 Å². The van der Waals surface area contributed by atoms with E-state index < -0.39 is 11.9 Å². The van der Waals surface area contributed by atoms with Crippen LogP contribution in [0.5, 0.6) is 11.5 Å². The molecular weight excluding hydrogens is 503 g/mol. The minimum atomic E-state index is -0.598. The fourth-order valence-corrected chi connectivity index (χ4v) is 3.58. The lowest BCUT2D eigenvalue weighted by atomic mass is 10.1. The topological polar surface area (TPSA) is 97.7 Å². The fourth-order valence-electron chi connectivity index (χ4n) is 3.12. The predicted molar refractivity (Wildman–Crippen MR) is 138 cm³/mol. The second kappa shape index (κ2) is 12.6. The van der Waals surface area contributed by atoms with Crippen LogP contribution in [0.4, 0.5) is 5.69 Å². The van der Waals surface area contributed by atoms with Gasteiger partial charge in [-0.1, -0.05) is 35.3 Å². The molecule has 7 nitrogen and oxygen atoms in total. The third-order valence-corrected chi connectivity index (χ3v) is 5.49. The number of nitrogens with zero attached hydrogens (tertiary/aromatic N) is 1. The maximum Gasteiger partial charge on any atom is 0.337 e. The molecule has 36 heavy (non-hydrogen) atoms. The molecular formula is C27H22Cl2N2O5. The minimum Gasteiger partial charge on any atom is -0.490 e. The SMILES string of the molecule is CCOc1cc(/C=C(\C#N)C(=O)Nc2ccc(C(=O)OC)cc2)ccc1OCc1ccc(Cl)cc1Cl. The summed E-state index contributed by atoms with van der Waals surface area (Å²) in [6.45, 7) is 2.42. The Hall–Kier alpha value is -3.99. The monoisotopic (exact) mass is 524 g/mol. The van der Waals surface area contributed by atoms with Crippen molar-refractivity contribution in [3.05, 3.63) is 93.0 Å². The van der Waals surface area contributed by atoms with Crippen LogP contribution in [0.1, 0.15) is 28.4 Å². The van der Waals surface area contributed by atoms with Gasteiger partial charge in [-0.2, -0.15) is 5.26 Å². The molecule has 0 atom stereocenters. The molecule has 0 fully saturated rings.